The molecule has 1 saturated carbocycles. The van der Waals surface area contributed by atoms with Crippen LogP contribution in [0.1, 0.15) is 41.1 Å². The summed E-state index contributed by atoms with van der Waals surface area (Å²) in [6.45, 7) is -0.286. The van der Waals surface area contributed by atoms with Gasteiger partial charge in [-0.3, -0.25) is 19.3 Å². The third-order valence-corrected chi connectivity index (χ3v) is 8.03. The monoisotopic (exact) mass is 596 g/mol. The summed E-state index contributed by atoms with van der Waals surface area (Å²) in [5, 5.41) is 11.0. The minimum absolute atomic E-state index is 0.0508. The van der Waals surface area contributed by atoms with Crippen LogP contribution < -0.4 is 5.56 Å². The van der Waals surface area contributed by atoms with Gasteiger partial charge < -0.3 is 5.11 Å². The molecule has 0 atom stereocenters. The summed E-state index contributed by atoms with van der Waals surface area (Å²) < 4.78 is 81.1. The Labute approximate surface area is 229 Å². The van der Waals surface area contributed by atoms with Crippen LogP contribution >= 0.6 is 22.9 Å². The molecule has 6 rings (SSSR count). The highest BCUT2D eigenvalue weighted by molar-refractivity contribution is 7.25. The molecule has 206 valence electrons. The molecule has 0 spiro atoms. The van der Waals surface area contributed by atoms with Crippen molar-refractivity contribution in [2.45, 2.75) is 37.7 Å². The van der Waals surface area contributed by atoms with E-state index in [1.807, 2.05) is 0 Å². The molecule has 4 heterocycles. The van der Waals surface area contributed by atoms with Crippen LogP contribution in [-0.4, -0.2) is 24.6 Å². The Morgan fingerprint density at radius 2 is 1.77 bits per heavy atom. The second kappa shape index (κ2) is 9.16. The van der Waals surface area contributed by atoms with Crippen LogP contribution in [-0.2, 0) is 18.9 Å². The topological polar surface area (TPSA) is 80.9 Å². The van der Waals surface area contributed by atoms with Gasteiger partial charge in [-0.25, -0.2) is 4.98 Å². The number of phenols is 1. The van der Waals surface area contributed by atoms with Gasteiger partial charge in [-0.05, 0) is 48.1 Å². The first-order chi connectivity index (χ1) is 18.8. The number of pyridine rings is 2. The highest BCUT2D eigenvalue weighted by Crippen LogP contribution is 2.46. The molecule has 0 radical (unpaired) electrons. The summed E-state index contributed by atoms with van der Waals surface area (Å²) in [6.07, 6.45) is -6.41. The van der Waals surface area contributed by atoms with Crippen LogP contribution in [0.4, 0.5) is 26.3 Å². The van der Waals surface area contributed by atoms with Gasteiger partial charge in [-0.15, -0.1) is 11.3 Å². The van der Waals surface area contributed by atoms with E-state index in [1.54, 1.807) is 0 Å². The lowest BCUT2D eigenvalue weighted by atomic mass is 10.0. The molecule has 1 aromatic carbocycles. The van der Waals surface area contributed by atoms with Crippen LogP contribution in [0, 0.1) is 0 Å². The fourth-order valence-electron chi connectivity index (χ4n) is 4.51. The first-order valence-corrected chi connectivity index (χ1v) is 13.0. The standard InChI is InChI=1S/C26H15ClF6N4O2S/c27-16-5-4-14-18-23(40-21(14)20(16)38)36-22(19-15(12-2-3-12)7-13(9-35-19)25(28,29)30)37(24(18)39)10-11-1-6-17(34-8-11)26(31,32)33/h1,4-9,12,38H,2-3,10H2. The number of phenolic OH excluding ortho intramolecular Hbond substituents is 1. The van der Waals surface area contributed by atoms with Crippen molar-refractivity contribution in [3.63, 3.8) is 0 Å². The number of hydrogen-bond donors (Lipinski definition) is 1. The Balaban J connectivity index is 1.61. The van der Waals surface area contributed by atoms with Crippen molar-refractivity contribution in [2.75, 3.05) is 0 Å². The van der Waals surface area contributed by atoms with Gasteiger partial charge in [-0.2, -0.15) is 26.3 Å². The molecule has 0 aliphatic heterocycles. The van der Waals surface area contributed by atoms with Crippen LogP contribution in [0.3, 0.4) is 0 Å². The van der Waals surface area contributed by atoms with E-state index in [4.69, 9.17) is 11.6 Å². The molecule has 4 aromatic heterocycles. The maximum Gasteiger partial charge on any atom is 0.433 e. The Morgan fingerprint density at radius 3 is 2.40 bits per heavy atom. The minimum atomic E-state index is -4.66. The lowest BCUT2D eigenvalue weighted by Gasteiger charge is -2.16. The Kier molecular flexibility index (Phi) is 6.07. The summed E-state index contributed by atoms with van der Waals surface area (Å²) in [7, 11) is 0. The predicted molar refractivity (Wildman–Crippen MR) is 137 cm³/mol. The SMILES string of the molecule is O=c1c2c(nc(-c3ncc(C(F)(F)F)cc3C3CC3)n1Cc1ccc(C(F)(F)F)nc1)sc1c(O)c(Cl)ccc12. The van der Waals surface area contributed by atoms with E-state index < -0.39 is 29.2 Å². The average molecular weight is 597 g/mol. The van der Waals surface area contributed by atoms with Crippen LogP contribution in [0.2, 0.25) is 5.02 Å². The van der Waals surface area contributed by atoms with E-state index in [-0.39, 0.29) is 60.8 Å². The maximum atomic E-state index is 14.0. The smallest absolute Gasteiger partial charge is 0.433 e. The lowest BCUT2D eigenvalue weighted by molar-refractivity contribution is -0.141. The zero-order chi connectivity index (χ0) is 28.6. The third-order valence-electron chi connectivity index (χ3n) is 6.62. The fourth-order valence-corrected chi connectivity index (χ4v) is 5.83. The predicted octanol–water partition coefficient (Wildman–Crippen LogP) is 7.39. The number of aromatic nitrogens is 4. The highest BCUT2D eigenvalue weighted by Gasteiger charge is 2.36. The zero-order valence-corrected chi connectivity index (χ0v) is 21.5. The molecule has 40 heavy (non-hydrogen) atoms. The van der Waals surface area contributed by atoms with Crippen molar-refractivity contribution >= 4 is 43.2 Å². The molecule has 6 nitrogen and oxygen atoms in total. The van der Waals surface area contributed by atoms with Crippen molar-refractivity contribution in [2.24, 2.45) is 0 Å². The number of aromatic hydroxyl groups is 1. The normalized spacial score (nSPS) is 14.4. The number of halogens is 7. The van der Waals surface area contributed by atoms with Gasteiger partial charge in [0.15, 0.2) is 11.6 Å². The quantitative estimate of drug-likeness (QED) is 0.219. The summed E-state index contributed by atoms with van der Waals surface area (Å²) in [5.41, 5.74) is -2.11. The number of hydrogen-bond acceptors (Lipinski definition) is 6. The molecule has 0 unspecified atom stereocenters. The largest absolute Gasteiger partial charge is 0.505 e. The van der Waals surface area contributed by atoms with Gasteiger partial charge in [0.1, 0.15) is 16.2 Å². The van der Waals surface area contributed by atoms with E-state index >= 15 is 0 Å². The van der Waals surface area contributed by atoms with Crippen LogP contribution in [0.25, 0.3) is 31.8 Å². The first kappa shape index (κ1) is 26.5. The lowest BCUT2D eigenvalue weighted by Crippen LogP contribution is -2.24. The molecular weight excluding hydrogens is 582 g/mol. The third kappa shape index (κ3) is 4.56. The van der Waals surface area contributed by atoms with E-state index in [0.717, 1.165) is 40.3 Å². The van der Waals surface area contributed by atoms with Crippen LogP contribution in [0.15, 0.2) is 47.5 Å². The summed E-state index contributed by atoms with van der Waals surface area (Å²) in [4.78, 5) is 26.3. The molecule has 1 N–H and O–H groups in total. The van der Waals surface area contributed by atoms with Gasteiger partial charge in [0, 0.05) is 17.8 Å². The number of benzene rings is 1. The summed E-state index contributed by atoms with van der Waals surface area (Å²) >= 11 is 7.02. The fraction of sp³-hybridized carbons (Fsp3) is 0.231. The van der Waals surface area contributed by atoms with Gasteiger partial charge in [-0.1, -0.05) is 23.7 Å². The number of rotatable bonds is 4. The molecule has 0 amide bonds. The van der Waals surface area contributed by atoms with Gasteiger partial charge in [0.05, 0.1) is 27.2 Å². The van der Waals surface area contributed by atoms with Gasteiger partial charge in [0.25, 0.3) is 5.56 Å². The number of alkyl halides is 6. The Morgan fingerprint density at radius 1 is 1.02 bits per heavy atom. The van der Waals surface area contributed by atoms with Crippen LogP contribution in [0.5, 0.6) is 5.75 Å². The average Bonchev–Trinajstić information content (AvgIpc) is 3.67. The zero-order valence-electron chi connectivity index (χ0n) is 19.9. The molecule has 1 aliphatic rings. The molecule has 1 fully saturated rings. The Bertz CT molecular complexity index is 1860. The Hall–Kier alpha value is -3.71. The molecule has 5 aromatic rings. The molecule has 0 bridgehead atoms. The van der Waals surface area contributed by atoms with E-state index in [9.17, 15) is 36.2 Å². The summed E-state index contributed by atoms with van der Waals surface area (Å²) in [5.74, 6) is -0.526. The van der Waals surface area contributed by atoms with E-state index in [1.165, 1.54) is 12.1 Å². The van der Waals surface area contributed by atoms with E-state index in [2.05, 4.69) is 15.0 Å². The second-order valence-electron chi connectivity index (χ2n) is 9.36. The van der Waals surface area contributed by atoms with Gasteiger partial charge in [0.2, 0.25) is 0 Å². The van der Waals surface area contributed by atoms with Crippen molar-refractivity contribution in [1.29, 1.82) is 0 Å². The van der Waals surface area contributed by atoms with Crippen molar-refractivity contribution in [3.8, 4) is 17.3 Å². The molecule has 1 aliphatic carbocycles. The number of nitrogens with zero attached hydrogens (tertiary/aromatic N) is 4. The number of fused-ring (bicyclic) bond motifs is 3. The number of thiophene rings is 1. The first-order valence-electron chi connectivity index (χ1n) is 11.8. The highest BCUT2D eigenvalue weighted by atomic mass is 35.5. The molecule has 14 heteroatoms. The minimum Gasteiger partial charge on any atom is -0.505 e. The van der Waals surface area contributed by atoms with E-state index in [0.29, 0.717) is 24.4 Å². The van der Waals surface area contributed by atoms with Crippen molar-refractivity contribution < 1.29 is 31.4 Å². The summed E-state index contributed by atoms with van der Waals surface area (Å²) in [6, 6.07) is 5.88. The molecular formula is C26H15ClF6N4O2S. The molecule has 0 saturated heterocycles. The van der Waals surface area contributed by atoms with Gasteiger partial charge >= 0.3 is 12.4 Å². The second-order valence-corrected chi connectivity index (χ2v) is 10.8. The van der Waals surface area contributed by atoms with Crippen molar-refractivity contribution in [1.82, 2.24) is 19.5 Å². The van der Waals surface area contributed by atoms with Crippen molar-refractivity contribution in [3.05, 3.63) is 80.5 Å². The maximum absolute atomic E-state index is 14.0.